The van der Waals surface area contributed by atoms with E-state index < -0.39 is 0 Å². The number of aliphatic hydroxyl groups excluding tert-OH is 1. The molecule has 0 radical (unpaired) electrons. The van der Waals surface area contributed by atoms with Crippen molar-refractivity contribution in [3.05, 3.63) is 0 Å². The summed E-state index contributed by atoms with van der Waals surface area (Å²) < 4.78 is 0. The van der Waals surface area contributed by atoms with E-state index in [9.17, 15) is 0 Å². The zero-order valence-electron chi connectivity index (χ0n) is 9.38. The van der Waals surface area contributed by atoms with Gasteiger partial charge in [-0.25, -0.2) is 0 Å². The third-order valence-electron chi connectivity index (χ3n) is 2.03. The molecule has 82 valence electrons. The van der Waals surface area contributed by atoms with Gasteiger partial charge in [0.25, 0.3) is 0 Å². The van der Waals surface area contributed by atoms with Crippen molar-refractivity contribution in [2.24, 2.45) is 0 Å². The highest BCUT2D eigenvalue weighted by Gasteiger charge is 2.01. The van der Waals surface area contributed by atoms with Gasteiger partial charge >= 0.3 is 0 Å². The van der Waals surface area contributed by atoms with Crippen LogP contribution in [0.3, 0.4) is 0 Å². The molecule has 0 amide bonds. The fourth-order valence-electron chi connectivity index (χ4n) is 1.18. The molecule has 14 heavy (non-hydrogen) atoms. The SMILES string of the molecule is CCCCCCS[C@H](C#CCO)CC. The second kappa shape index (κ2) is 10.9. The summed E-state index contributed by atoms with van der Waals surface area (Å²) in [6.45, 7) is 4.37. The summed E-state index contributed by atoms with van der Waals surface area (Å²) in [6.07, 6.45) is 6.36. The molecule has 0 aliphatic rings. The van der Waals surface area contributed by atoms with Crippen molar-refractivity contribution in [2.45, 2.75) is 51.2 Å². The van der Waals surface area contributed by atoms with Crippen LogP contribution in [0.5, 0.6) is 0 Å². The Bertz CT molecular complexity index is 169. The van der Waals surface area contributed by atoms with E-state index >= 15 is 0 Å². The van der Waals surface area contributed by atoms with Gasteiger partial charge in [0.2, 0.25) is 0 Å². The maximum absolute atomic E-state index is 8.57. The molecule has 0 rings (SSSR count). The average molecular weight is 214 g/mol. The molecule has 1 atom stereocenters. The standard InChI is InChI=1S/C12H22OS/c1-3-5-6-7-11-14-12(4-2)9-8-10-13/h12-13H,3-7,10-11H2,1-2H3/t12-/m0/s1. The minimum atomic E-state index is -0.00705. The molecule has 0 saturated heterocycles. The lowest BCUT2D eigenvalue weighted by Crippen LogP contribution is -1.98. The molecule has 2 heteroatoms. The van der Waals surface area contributed by atoms with Gasteiger partial charge in [-0.3, -0.25) is 0 Å². The van der Waals surface area contributed by atoms with E-state index in [1.165, 1.54) is 31.4 Å². The van der Waals surface area contributed by atoms with Gasteiger partial charge in [0.15, 0.2) is 0 Å². The van der Waals surface area contributed by atoms with E-state index in [-0.39, 0.29) is 6.61 Å². The summed E-state index contributed by atoms with van der Waals surface area (Å²) in [5, 5.41) is 8.99. The highest BCUT2D eigenvalue weighted by Crippen LogP contribution is 2.16. The summed E-state index contributed by atoms with van der Waals surface area (Å²) in [5.74, 6) is 7.02. The van der Waals surface area contributed by atoms with E-state index in [1.54, 1.807) is 0 Å². The van der Waals surface area contributed by atoms with E-state index in [1.807, 2.05) is 11.8 Å². The molecule has 0 heterocycles. The van der Waals surface area contributed by atoms with Crippen LogP contribution in [0.1, 0.15) is 46.0 Å². The van der Waals surface area contributed by atoms with Crippen molar-refractivity contribution in [2.75, 3.05) is 12.4 Å². The first-order valence-electron chi connectivity index (χ1n) is 5.56. The van der Waals surface area contributed by atoms with Crippen LogP contribution >= 0.6 is 11.8 Å². The third-order valence-corrected chi connectivity index (χ3v) is 3.41. The Kier molecular flexibility index (Phi) is 10.8. The Morgan fingerprint density at radius 3 is 2.57 bits per heavy atom. The quantitative estimate of drug-likeness (QED) is 0.519. The van der Waals surface area contributed by atoms with Crippen LogP contribution in [0.15, 0.2) is 0 Å². The highest BCUT2D eigenvalue weighted by atomic mass is 32.2. The zero-order valence-corrected chi connectivity index (χ0v) is 10.2. The largest absolute Gasteiger partial charge is 0.384 e. The van der Waals surface area contributed by atoms with E-state index in [0.717, 1.165) is 6.42 Å². The molecular weight excluding hydrogens is 192 g/mol. The van der Waals surface area contributed by atoms with E-state index in [4.69, 9.17) is 5.11 Å². The maximum atomic E-state index is 8.57. The molecule has 0 aliphatic heterocycles. The zero-order chi connectivity index (χ0) is 10.6. The first kappa shape index (κ1) is 13.9. The average Bonchev–Trinajstić information content (AvgIpc) is 2.22. The second-order valence-corrected chi connectivity index (χ2v) is 4.62. The fourth-order valence-corrected chi connectivity index (χ4v) is 2.23. The number of thioether (sulfide) groups is 1. The lowest BCUT2D eigenvalue weighted by atomic mass is 10.2. The first-order valence-corrected chi connectivity index (χ1v) is 6.60. The lowest BCUT2D eigenvalue weighted by Gasteiger charge is -2.06. The number of hydrogen-bond donors (Lipinski definition) is 1. The van der Waals surface area contributed by atoms with Gasteiger partial charge in [-0.2, -0.15) is 0 Å². The van der Waals surface area contributed by atoms with Gasteiger partial charge in [-0.1, -0.05) is 45.0 Å². The van der Waals surface area contributed by atoms with Crippen LogP contribution in [-0.2, 0) is 0 Å². The predicted molar refractivity (Wildman–Crippen MR) is 65.5 cm³/mol. The van der Waals surface area contributed by atoms with Crippen LogP contribution in [0.25, 0.3) is 0 Å². The molecule has 0 bridgehead atoms. The van der Waals surface area contributed by atoms with Crippen LogP contribution in [0.2, 0.25) is 0 Å². The predicted octanol–water partition coefficient (Wildman–Crippen LogP) is 3.07. The van der Waals surface area contributed by atoms with Crippen molar-refractivity contribution in [3.63, 3.8) is 0 Å². The molecule has 0 fully saturated rings. The molecule has 0 aromatic carbocycles. The Labute approximate surface area is 92.7 Å². The van der Waals surface area contributed by atoms with E-state index in [2.05, 4.69) is 25.7 Å². The van der Waals surface area contributed by atoms with Gasteiger partial charge in [0.1, 0.15) is 6.61 Å². The molecule has 0 saturated carbocycles. The molecule has 0 unspecified atom stereocenters. The van der Waals surface area contributed by atoms with Crippen molar-refractivity contribution < 1.29 is 5.11 Å². The summed E-state index contributed by atoms with van der Waals surface area (Å²) in [7, 11) is 0. The van der Waals surface area contributed by atoms with Gasteiger partial charge < -0.3 is 5.11 Å². The third kappa shape index (κ3) is 8.47. The molecule has 0 aromatic rings. The van der Waals surface area contributed by atoms with Crippen molar-refractivity contribution in [3.8, 4) is 11.8 Å². The smallest absolute Gasteiger partial charge is 0.104 e. The van der Waals surface area contributed by atoms with Crippen LogP contribution < -0.4 is 0 Å². The van der Waals surface area contributed by atoms with Crippen LogP contribution in [0.4, 0.5) is 0 Å². The second-order valence-electron chi connectivity index (χ2n) is 3.31. The molecule has 1 nitrogen and oxygen atoms in total. The number of hydrogen-bond acceptors (Lipinski definition) is 2. The maximum Gasteiger partial charge on any atom is 0.104 e. The van der Waals surface area contributed by atoms with Crippen LogP contribution in [-0.4, -0.2) is 22.7 Å². The number of aliphatic hydroxyl groups is 1. The summed E-state index contributed by atoms with van der Waals surface area (Å²) in [5.41, 5.74) is 0. The molecule has 0 aliphatic carbocycles. The minimum absolute atomic E-state index is 0.00705. The molecule has 0 spiro atoms. The van der Waals surface area contributed by atoms with Crippen molar-refractivity contribution in [1.82, 2.24) is 0 Å². The first-order chi connectivity index (χ1) is 6.85. The van der Waals surface area contributed by atoms with Gasteiger partial charge in [0.05, 0.1) is 5.25 Å². The highest BCUT2D eigenvalue weighted by molar-refractivity contribution is 8.00. The van der Waals surface area contributed by atoms with Gasteiger partial charge in [-0.05, 0) is 18.6 Å². The van der Waals surface area contributed by atoms with Gasteiger partial charge in [-0.15, -0.1) is 11.8 Å². The summed E-state index contributed by atoms with van der Waals surface area (Å²) >= 11 is 1.93. The molecular formula is C12H22OS. The Morgan fingerprint density at radius 2 is 2.00 bits per heavy atom. The van der Waals surface area contributed by atoms with Crippen LogP contribution in [0, 0.1) is 11.8 Å². The van der Waals surface area contributed by atoms with Crippen molar-refractivity contribution >= 4 is 11.8 Å². The normalized spacial score (nSPS) is 11.9. The van der Waals surface area contributed by atoms with Gasteiger partial charge in [0, 0.05) is 0 Å². The monoisotopic (exact) mass is 214 g/mol. The minimum Gasteiger partial charge on any atom is -0.384 e. The summed E-state index contributed by atoms with van der Waals surface area (Å²) in [6, 6.07) is 0. The van der Waals surface area contributed by atoms with Crippen molar-refractivity contribution in [1.29, 1.82) is 0 Å². The number of unbranched alkanes of at least 4 members (excludes halogenated alkanes) is 3. The number of rotatable bonds is 7. The topological polar surface area (TPSA) is 20.2 Å². The fraction of sp³-hybridized carbons (Fsp3) is 0.833. The Morgan fingerprint density at radius 1 is 1.21 bits per heavy atom. The Hall–Kier alpha value is -0.130. The molecule has 0 aromatic heterocycles. The Balaban J connectivity index is 3.43. The lowest BCUT2D eigenvalue weighted by molar-refractivity contribution is 0.350. The van der Waals surface area contributed by atoms with E-state index in [0.29, 0.717) is 5.25 Å². The summed E-state index contributed by atoms with van der Waals surface area (Å²) in [4.78, 5) is 0. The molecule has 1 N–H and O–H groups in total.